The first-order chi connectivity index (χ1) is 8.02. The summed E-state index contributed by atoms with van der Waals surface area (Å²) in [4.78, 5) is 13.7. The number of nitrogen functional groups attached to an aromatic ring is 1. The second-order valence-electron chi connectivity index (χ2n) is 4.03. The topological polar surface area (TPSA) is 58.4 Å². The molecule has 0 saturated carbocycles. The summed E-state index contributed by atoms with van der Waals surface area (Å²) in [5.74, 6) is -0.0894. The normalized spacial score (nSPS) is 10.6. The zero-order valence-corrected chi connectivity index (χ0v) is 10.9. The van der Waals surface area contributed by atoms with Gasteiger partial charge in [0.25, 0.3) is 0 Å². The van der Waals surface area contributed by atoms with Crippen LogP contribution in [0.3, 0.4) is 0 Å². The minimum absolute atomic E-state index is 0.0894. The summed E-state index contributed by atoms with van der Waals surface area (Å²) in [7, 11) is 1.91. The molecule has 0 bridgehead atoms. The maximum absolute atomic E-state index is 11.7. The van der Waals surface area contributed by atoms with Crippen molar-refractivity contribution in [1.29, 1.82) is 0 Å². The number of amides is 1. The number of carbonyl (C=O) groups is 1. The van der Waals surface area contributed by atoms with Gasteiger partial charge in [-0.05, 0) is 38.2 Å². The average Bonchev–Trinajstić information content (AvgIpc) is 2.23. The number of nitrogens with two attached hydrogens (primary N) is 1. The molecule has 0 radical (unpaired) electrons. The third kappa shape index (κ3) is 4.63. The van der Waals surface area contributed by atoms with Crippen LogP contribution in [0.4, 0.5) is 11.4 Å². The summed E-state index contributed by atoms with van der Waals surface area (Å²) in [6.45, 7) is 3.31. The van der Waals surface area contributed by atoms with E-state index >= 15 is 0 Å². The van der Waals surface area contributed by atoms with Crippen LogP contribution < -0.4 is 11.1 Å². The fourth-order valence-corrected chi connectivity index (χ4v) is 1.70. The molecule has 1 amide bonds. The lowest BCUT2D eigenvalue weighted by atomic mass is 10.3. The van der Waals surface area contributed by atoms with E-state index in [9.17, 15) is 4.79 Å². The first kappa shape index (κ1) is 13.8. The Hall–Kier alpha value is -1.26. The van der Waals surface area contributed by atoms with Crippen LogP contribution in [0.25, 0.3) is 0 Å². The molecule has 1 rings (SSSR count). The molecule has 0 aliphatic heterocycles. The summed E-state index contributed by atoms with van der Waals surface area (Å²) >= 11 is 5.95. The third-order valence-corrected chi connectivity index (χ3v) is 2.61. The molecule has 0 aliphatic carbocycles. The van der Waals surface area contributed by atoms with Gasteiger partial charge in [0.15, 0.2) is 0 Å². The van der Waals surface area contributed by atoms with Gasteiger partial charge in [-0.15, -0.1) is 0 Å². The number of nitrogens with zero attached hydrogens (tertiary/aromatic N) is 1. The van der Waals surface area contributed by atoms with E-state index in [0.717, 1.165) is 13.0 Å². The fourth-order valence-electron chi connectivity index (χ4n) is 1.53. The summed E-state index contributed by atoms with van der Waals surface area (Å²) < 4.78 is 0. The molecule has 0 saturated heterocycles. The van der Waals surface area contributed by atoms with Crippen molar-refractivity contribution in [2.75, 3.05) is 31.2 Å². The maximum Gasteiger partial charge on any atom is 0.238 e. The number of hydrogen-bond donors (Lipinski definition) is 2. The highest BCUT2D eigenvalue weighted by molar-refractivity contribution is 6.33. The van der Waals surface area contributed by atoms with E-state index in [4.69, 9.17) is 17.3 Å². The number of rotatable bonds is 5. The molecule has 0 unspecified atom stereocenters. The number of hydrogen-bond acceptors (Lipinski definition) is 3. The van der Waals surface area contributed by atoms with Gasteiger partial charge in [0.2, 0.25) is 5.91 Å². The summed E-state index contributed by atoms with van der Waals surface area (Å²) in [6.07, 6.45) is 1.02. The second kappa shape index (κ2) is 6.47. The van der Waals surface area contributed by atoms with Crippen LogP contribution >= 0.6 is 11.6 Å². The van der Waals surface area contributed by atoms with Crippen molar-refractivity contribution >= 4 is 28.9 Å². The minimum atomic E-state index is -0.0894. The van der Waals surface area contributed by atoms with Crippen LogP contribution in [0, 0.1) is 0 Å². The van der Waals surface area contributed by atoms with Gasteiger partial charge in [0, 0.05) is 5.69 Å². The Morgan fingerprint density at radius 1 is 1.53 bits per heavy atom. The highest BCUT2D eigenvalue weighted by atomic mass is 35.5. The fraction of sp³-hybridized carbons (Fsp3) is 0.417. The maximum atomic E-state index is 11.7. The molecule has 1 aromatic rings. The van der Waals surface area contributed by atoms with Gasteiger partial charge in [-0.1, -0.05) is 18.5 Å². The Morgan fingerprint density at radius 2 is 2.24 bits per heavy atom. The van der Waals surface area contributed by atoms with Crippen molar-refractivity contribution in [3.63, 3.8) is 0 Å². The van der Waals surface area contributed by atoms with E-state index < -0.39 is 0 Å². The van der Waals surface area contributed by atoms with Crippen molar-refractivity contribution in [3.05, 3.63) is 23.2 Å². The van der Waals surface area contributed by atoms with E-state index in [1.807, 2.05) is 11.9 Å². The Bertz CT molecular complexity index is 395. The van der Waals surface area contributed by atoms with Gasteiger partial charge in [0.1, 0.15) is 0 Å². The molecular weight excluding hydrogens is 238 g/mol. The molecule has 1 aromatic carbocycles. The zero-order chi connectivity index (χ0) is 12.8. The Kier molecular flexibility index (Phi) is 5.25. The number of nitrogens with one attached hydrogen (secondary N) is 1. The van der Waals surface area contributed by atoms with Crippen molar-refractivity contribution in [2.24, 2.45) is 0 Å². The first-order valence-corrected chi connectivity index (χ1v) is 5.94. The third-order valence-electron chi connectivity index (χ3n) is 2.28. The van der Waals surface area contributed by atoms with E-state index in [0.29, 0.717) is 22.9 Å². The van der Waals surface area contributed by atoms with E-state index in [2.05, 4.69) is 12.2 Å². The largest absolute Gasteiger partial charge is 0.399 e. The van der Waals surface area contributed by atoms with Crippen LogP contribution in [0.15, 0.2) is 18.2 Å². The summed E-state index contributed by atoms with van der Waals surface area (Å²) in [5.41, 5.74) is 6.76. The lowest BCUT2D eigenvalue weighted by molar-refractivity contribution is -0.117. The van der Waals surface area contributed by atoms with Crippen molar-refractivity contribution in [2.45, 2.75) is 13.3 Å². The molecular formula is C12H18ClN3O. The average molecular weight is 256 g/mol. The van der Waals surface area contributed by atoms with Crippen LogP contribution in [0.5, 0.6) is 0 Å². The Balaban J connectivity index is 2.58. The second-order valence-corrected chi connectivity index (χ2v) is 4.43. The Morgan fingerprint density at radius 3 is 2.88 bits per heavy atom. The van der Waals surface area contributed by atoms with E-state index in [1.165, 1.54) is 0 Å². The van der Waals surface area contributed by atoms with E-state index in [1.54, 1.807) is 18.2 Å². The van der Waals surface area contributed by atoms with Crippen molar-refractivity contribution < 1.29 is 4.79 Å². The quantitative estimate of drug-likeness (QED) is 0.793. The van der Waals surface area contributed by atoms with E-state index in [-0.39, 0.29) is 5.91 Å². The van der Waals surface area contributed by atoms with Gasteiger partial charge < -0.3 is 11.1 Å². The molecule has 0 fully saturated rings. The summed E-state index contributed by atoms with van der Waals surface area (Å²) in [5, 5.41) is 3.24. The molecule has 0 atom stereocenters. The Labute approximate surface area is 107 Å². The lowest BCUT2D eigenvalue weighted by Gasteiger charge is -2.15. The number of carbonyl (C=O) groups excluding carboxylic acids is 1. The number of likely N-dealkylation sites (N-methyl/N-ethyl adjacent to an activating group) is 1. The van der Waals surface area contributed by atoms with Crippen LogP contribution in [-0.2, 0) is 4.79 Å². The molecule has 3 N–H and O–H groups in total. The highest BCUT2D eigenvalue weighted by Gasteiger charge is 2.08. The van der Waals surface area contributed by atoms with Gasteiger partial charge in [0.05, 0.1) is 17.3 Å². The highest BCUT2D eigenvalue weighted by Crippen LogP contribution is 2.23. The summed E-state index contributed by atoms with van der Waals surface area (Å²) in [6, 6.07) is 5.02. The molecule has 94 valence electrons. The van der Waals surface area contributed by atoms with Gasteiger partial charge in [-0.2, -0.15) is 0 Å². The number of halogens is 1. The lowest BCUT2D eigenvalue weighted by Crippen LogP contribution is -2.30. The molecule has 5 heteroatoms. The van der Waals surface area contributed by atoms with Crippen LogP contribution in [-0.4, -0.2) is 30.9 Å². The minimum Gasteiger partial charge on any atom is -0.399 e. The van der Waals surface area contributed by atoms with Gasteiger partial charge in [-0.3, -0.25) is 9.69 Å². The molecule has 0 spiro atoms. The standard InChI is InChI=1S/C12H18ClN3O/c1-3-6-16(2)8-12(17)15-11-7-9(14)4-5-10(11)13/h4-5,7H,3,6,8,14H2,1-2H3,(H,15,17). The number of benzene rings is 1. The van der Waals surface area contributed by atoms with Crippen LogP contribution in [0.2, 0.25) is 5.02 Å². The molecule has 0 aromatic heterocycles. The van der Waals surface area contributed by atoms with Crippen LogP contribution in [0.1, 0.15) is 13.3 Å². The van der Waals surface area contributed by atoms with Crippen molar-refractivity contribution in [3.8, 4) is 0 Å². The predicted molar refractivity (Wildman–Crippen MR) is 72.3 cm³/mol. The SMILES string of the molecule is CCCN(C)CC(=O)Nc1cc(N)ccc1Cl. The predicted octanol–water partition coefficient (Wildman–Crippen LogP) is 2.20. The number of anilines is 2. The van der Waals surface area contributed by atoms with Gasteiger partial charge >= 0.3 is 0 Å². The van der Waals surface area contributed by atoms with Gasteiger partial charge in [-0.25, -0.2) is 0 Å². The molecule has 17 heavy (non-hydrogen) atoms. The zero-order valence-electron chi connectivity index (χ0n) is 10.2. The molecule has 0 aliphatic rings. The van der Waals surface area contributed by atoms with Crippen molar-refractivity contribution in [1.82, 2.24) is 4.90 Å². The first-order valence-electron chi connectivity index (χ1n) is 5.56. The smallest absolute Gasteiger partial charge is 0.238 e. The molecule has 4 nitrogen and oxygen atoms in total. The monoisotopic (exact) mass is 255 g/mol. The molecule has 0 heterocycles.